The van der Waals surface area contributed by atoms with Crippen LogP contribution in [-0.4, -0.2) is 57.4 Å². The highest BCUT2D eigenvalue weighted by Gasteiger charge is 2.38. The Morgan fingerprint density at radius 3 is 1.64 bits per heavy atom. The van der Waals surface area contributed by atoms with E-state index >= 15 is 4.39 Å². The highest BCUT2D eigenvalue weighted by molar-refractivity contribution is 5.88. The number of esters is 3. The molecule has 0 aromatic heterocycles. The minimum absolute atomic E-state index is 0.166. The Bertz CT molecular complexity index is 2000. The Hall–Kier alpha value is -5.06. The van der Waals surface area contributed by atoms with Gasteiger partial charge in [-0.2, -0.15) is 0 Å². The Kier molecular flexibility index (Phi) is 20.5. The molecule has 9 nitrogen and oxygen atoms in total. The first kappa shape index (κ1) is 51.6. The Labute approximate surface area is 381 Å². The average molecular weight is 881 g/mol. The highest BCUT2D eigenvalue weighted by Crippen LogP contribution is 2.41. The van der Waals surface area contributed by atoms with Crippen molar-refractivity contribution in [1.29, 1.82) is 0 Å². The number of aryl methyl sites for hydroxylation is 3. The molecule has 64 heavy (non-hydrogen) atoms. The summed E-state index contributed by atoms with van der Waals surface area (Å²) in [5.74, 6) is -0.386. The van der Waals surface area contributed by atoms with Crippen LogP contribution in [0.25, 0.3) is 22.3 Å². The van der Waals surface area contributed by atoms with Gasteiger partial charge in [-0.15, -0.1) is 0 Å². The number of hydrogen-bond acceptors (Lipinski definition) is 9. The third-order valence-electron chi connectivity index (χ3n) is 12.3. The van der Waals surface area contributed by atoms with Gasteiger partial charge < -0.3 is 30.4 Å². The summed E-state index contributed by atoms with van der Waals surface area (Å²) in [5, 5.41) is 0. The van der Waals surface area contributed by atoms with E-state index in [1.165, 1.54) is 59.3 Å². The summed E-state index contributed by atoms with van der Waals surface area (Å²) in [4.78, 5) is 38.1. The Balaban J connectivity index is 1.71. The third kappa shape index (κ3) is 14.7. The zero-order valence-corrected chi connectivity index (χ0v) is 39.2. The summed E-state index contributed by atoms with van der Waals surface area (Å²) in [5.41, 5.74) is 18.7. The van der Waals surface area contributed by atoms with Crippen LogP contribution in [0.2, 0.25) is 0 Å². The fourth-order valence-corrected chi connectivity index (χ4v) is 8.37. The van der Waals surface area contributed by atoms with Gasteiger partial charge in [-0.05, 0) is 161 Å². The first-order valence-electron chi connectivity index (χ1n) is 23.2. The quantitative estimate of drug-likeness (QED) is 0.0349. The second-order valence-electron chi connectivity index (χ2n) is 17.9. The lowest BCUT2D eigenvalue weighted by atomic mass is 9.77. The number of carbonyl (C=O) groups excluding carboxylic acids is 3. The largest absolute Gasteiger partial charge is 0.492 e. The molecule has 0 bridgehead atoms. The smallest absolute Gasteiger partial charge is 0.333 e. The lowest BCUT2D eigenvalue weighted by Gasteiger charge is -2.33. The van der Waals surface area contributed by atoms with E-state index in [1.807, 2.05) is 12.1 Å². The number of nitrogens with two attached hydrogens (primary N) is 2. The van der Waals surface area contributed by atoms with E-state index in [0.29, 0.717) is 56.0 Å². The summed E-state index contributed by atoms with van der Waals surface area (Å²) in [7, 11) is 0. The van der Waals surface area contributed by atoms with E-state index < -0.39 is 23.3 Å². The molecule has 4 rings (SSSR count). The van der Waals surface area contributed by atoms with Crippen molar-refractivity contribution in [3.8, 4) is 28.0 Å². The van der Waals surface area contributed by atoms with Crippen LogP contribution in [-0.2, 0) is 47.9 Å². The van der Waals surface area contributed by atoms with Crippen LogP contribution in [0.4, 0.5) is 4.39 Å². The Morgan fingerprint density at radius 2 is 1.17 bits per heavy atom. The van der Waals surface area contributed by atoms with Gasteiger partial charge in [0, 0.05) is 22.3 Å². The van der Waals surface area contributed by atoms with Crippen molar-refractivity contribution < 1.29 is 37.7 Å². The molecule has 0 aliphatic heterocycles. The van der Waals surface area contributed by atoms with E-state index in [1.54, 1.807) is 6.07 Å². The first-order valence-corrected chi connectivity index (χ1v) is 23.2. The maximum Gasteiger partial charge on any atom is 0.333 e. The number of unbranched alkanes of at least 4 members (excludes halogenated alkanes) is 2. The number of ether oxygens (including phenoxy) is 4. The third-order valence-corrected chi connectivity index (χ3v) is 12.3. The van der Waals surface area contributed by atoms with Crippen molar-refractivity contribution in [3.63, 3.8) is 0 Å². The molecule has 0 amide bonds. The molecule has 1 fully saturated rings. The molecule has 348 valence electrons. The number of halogens is 1. The zero-order chi connectivity index (χ0) is 46.8. The molecule has 1 aliphatic rings. The van der Waals surface area contributed by atoms with E-state index in [4.69, 9.17) is 30.4 Å². The average Bonchev–Trinajstić information content (AvgIpc) is 3.29. The minimum atomic E-state index is -1.34. The predicted molar refractivity (Wildman–Crippen MR) is 255 cm³/mol. The van der Waals surface area contributed by atoms with E-state index in [9.17, 15) is 14.4 Å². The van der Waals surface area contributed by atoms with Crippen LogP contribution >= 0.6 is 0 Å². The van der Waals surface area contributed by atoms with Crippen LogP contribution in [0.5, 0.6) is 5.75 Å². The van der Waals surface area contributed by atoms with Gasteiger partial charge in [0.15, 0.2) is 0 Å². The molecule has 4 N–H and O–H groups in total. The van der Waals surface area contributed by atoms with Crippen LogP contribution in [0.1, 0.15) is 127 Å². The number of benzene rings is 3. The normalized spacial score (nSPS) is 15.0. The molecule has 1 aliphatic carbocycles. The molecule has 10 heteroatoms. The van der Waals surface area contributed by atoms with Crippen LogP contribution in [0.15, 0.2) is 85.0 Å². The minimum Gasteiger partial charge on any atom is -0.492 e. The SMILES string of the molecule is C=C(C)C(=O)OCC(COC(=O)C(=C)C)(COC(=O)C(=C)C)COc1c(CCCN)cc(-c2ccc(-c3ccc(C4CCC(CCCCC)CC4)cc3F)cc2CC)cc1CCCN. The van der Waals surface area contributed by atoms with Gasteiger partial charge in [0.1, 0.15) is 43.4 Å². The summed E-state index contributed by atoms with van der Waals surface area (Å²) in [6.45, 7) is 19.7. The van der Waals surface area contributed by atoms with Crippen molar-refractivity contribution in [2.75, 3.05) is 39.5 Å². The maximum absolute atomic E-state index is 16.0. The molecule has 0 radical (unpaired) electrons. The molecule has 0 atom stereocenters. The molecular formula is C54H73FN2O7. The van der Waals surface area contributed by atoms with E-state index in [0.717, 1.165) is 64.1 Å². The van der Waals surface area contributed by atoms with Gasteiger partial charge in [-0.3, -0.25) is 0 Å². The van der Waals surface area contributed by atoms with E-state index in [-0.39, 0.29) is 49.0 Å². The van der Waals surface area contributed by atoms with Crippen molar-refractivity contribution in [2.24, 2.45) is 22.8 Å². The van der Waals surface area contributed by atoms with Gasteiger partial charge in [0.25, 0.3) is 0 Å². The summed E-state index contributed by atoms with van der Waals surface area (Å²) >= 11 is 0. The molecule has 1 saturated carbocycles. The molecular weight excluding hydrogens is 808 g/mol. The summed E-state index contributed by atoms with van der Waals surface area (Å²) < 4.78 is 39.7. The van der Waals surface area contributed by atoms with Gasteiger partial charge in [0.2, 0.25) is 0 Å². The molecule has 0 unspecified atom stereocenters. The standard InChI is InChI=1S/C54H73FN2O7/c1-9-11-12-15-39-18-20-41(21-19-39)42-22-25-48(49(55)31-42)43-23-24-47(40(10-2)28-43)46-29-44(16-13-26-56)50(45(30-46)17-14-27-57)61-32-54(33-62-51(58)36(3)4,34-63-52(59)37(5)6)35-64-53(60)38(7)8/h22-25,28-31,39,41H,3,5,7,9-21,26-27,32-35,56-57H2,1-2,4,6,8H3. The van der Waals surface area contributed by atoms with Crippen LogP contribution in [0.3, 0.4) is 0 Å². The molecule has 0 heterocycles. The van der Waals surface area contributed by atoms with Gasteiger partial charge in [-0.1, -0.05) is 89.6 Å². The predicted octanol–water partition coefficient (Wildman–Crippen LogP) is 11.1. The first-order chi connectivity index (χ1) is 30.6. The molecule has 3 aromatic rings. The van der Waals surface area contributed by atoms with Gasteiger partial charge in [-0.25, -0.2) is 18.8 Å². The fourth-order valence-electron chi connectivity index (χ4n) is 8.37. The lowest BCUT2D eigenvalue weighted by Crippen LogP contribution is -2.44. The Morgan fingerprint density at radius 1 is 0.656 bits per heavy atom. The second kappa shape index (κ2) is 25.4. The fraction of sp³-hybridized carbons (Fsp3) is 0.500. The maximum atomic E-state index is 16.0. The van der Waals surface area contributed by atoms with Crippen LogP contribution < -0.4 is 16.2 Å². The number of rotatable bonds is 26. The summed E-state index contributed by atoms with van der Waals surface area (Å²) in [6.07, 6.45) is 13.1. The number of carbonyl (C=O) groups is 3. The van der Waals surface area contributed by atoms with Gasteiger partial charge >= 0.3 is 17.9 Å². The van der Waals surface area contributed by atoms with Crippen molar-refractivity contribution in [1.82, 2.24) is 0 Å². The zero-order valence-electron chi connectivity index (χ0n) is 39.2. The molecule has 0 spiro atoms. The van der Waals surface area contributed by atoms with Crippen molar-refractivity contribution >= 4 is 17.9 Å². The lowest BCUT2D eigenvalue weighted by molar-refractivity contribution is -0.159. The monoisotopic (exact) mass is 881 g/mol. The van der Waals surface area contributed by atoms with Crippen molar-refractivity contribution in [3.05, 3.63) is 113 Å². The van der Waals surface area contributed by atoms with Crippen LogP contribution in [0, 0.1) is 17.2 Å². The summed E-state index contributed by atoms with van der Waals surface area (Å²) in [6, 6.07) is 16.2. The van der Waals surface area contributed by atoms with Gasteiger partial charge in [0.05, 0.1) is 0 Å². The molecule has 3 aromatic carbocycles. The topological polar surface area (TPSA) is 140 Å². The molecule has 0 saturated heterocycles. The van der Waals surface area contributed by atoms with Crippen molar-refractivity contribution in [2.45, 2.75) is 124 Å². The second-order valence-corrected chi connectivity index (χ2v) is 17.9. The highest BCUT2D eigenvalue weighted by atomic mass is 19.1. The van der Waals surface area contributed by atoms with E-state index in [2.05, 4.69) is 63.9 Å². The number of hydrogen-bond donors (Lipinski definition) is 2.